The number of amides is 1. The number of carbonyl (C=O) groups is 2. The van der Waals surface area contributed by atoms with Gasteiger partial charge in [-0.05, 0) is 44.1 Å². The van der Waals surface area contributed by atoms with Crippen molar-refractivity contribution < 1.29 is 19.8 Å². The summed E-state index contributed by atoms with van der Waals surface area (Å²) in [5.74, 6) is -1.47. The third kappa shape index (κ3) is 7.12. The van der Waals surface area contributed by atoms with Crippen molar-refractivity contribution in [2.45, 2.75) is 37.8 Å². The molecule has 7 heteroatoms. The molecule has 0 spiro atoms. The molecule has 0 radical (unpaired) electrons. The number of carboxylic acid groups (broad SMARTS) is 1. The molecule has 1 rings (SSSR count). The van der Waals surface area contributed by atoms with Crippen LogP contribution in [-0.4, -0.2) is 47.8 Å². The molecule has 0 fully saturated rings. The zero-order chi connectivity index (χ0) is 17.2. The Kier molecular flexibility index (Phi) is 8.07. The minimum atomic E-state index is -1.12. The summed E-state index contributed by atoms with van der Waals surface area (Å²) in [4.78, 5) is 23.3. The van der Waals surface area contributed by atoms with Gasteiger partial charge in [-0.25, -0.2) is 4.79 Å². The fourth-order valence-corrected chi connectivity index (χ4v) is 2.14. The summed E-state index contributed by atoms with van der Waals surface area (Å²) in [6.45, 7) is 0.854. The Morgan fingerprint density at radius 1 is 1.22 bits per heavy atom. The number of carbonyl (C=O) groups excluding carboxylic acids is 1. The molecule has 1 aromatic carbocycles. The monoisotopic (exact) mass is 323 g/mol. The van der Waals surface area contributed by atoms with Gasteiger partial charge in [0.2, 0.25) is 5.91 Å². The quantitative estimate of drug-likeness (QED) is 0.392. The van der Waals surface area contributed by atoms with Gasteiger partial charge in [-0.2, -0.15) is 0 Å². The van der Waals surface area contributed by atoms with Crippen molar-refractivity contribution in [1.82, 2.24) is 10.6 Å². The molecular weight excluding hydrogens is 298 g/mol. The van der Waals surface area contributed by atoms with Gasteiger partial charge in [0.25, 0.3) is 0 Å². The van der Waals surface area contributed by atoms with E-state index in [0.717, 1.165) is 19.4 Å². The number of aromatic hydroxyl groups is 1. The minimum Gasteiger partial charge on any atom is -0.508 e. The van der Waals surface area contributed by atoms with Gasteiger partial charge in [-0.1, -0.05) is 18.6 Å². The lowest BCUT2D eigenvalue weighted by Gasteiger charge is -2.18. The molecule has 0 aliphatic heterocycles. The molecule has 0 saturated heterocycles. The molecular formula is C16H25N3O4. The van der Waals surface area contributed by atoms with Crippen LogP contribution in [0.3, 0.4) is 0 Å². The SMILES string of the molecule is CNCCCC[C@H](N)C(=O)N[C@@H](Cc1ccc(O)cc1)C(=O)O. The van der Waals surface area contributed by atoms with E-state index < -0.39 is 24.0 Å². The highest BCUT2D eigenvalue weighted by Crippen LogP contribution is 2.11. The number of aliphatic carboxylic acids is 1. The highest BCUT2D eigenvalue weighted by atomic mass is 16.4. The van der Waals surface area contributed by atoms with E-state index >= 15 is 0 Å². The summed E-state index contributed by atoms with van der Waals surface area (Å²) < 4.78 is 0. The number of phenols is 1. The number of benzene rings is 1. The van der Waals surface area contributed by atoms with E-state index in [2.05, 4.69) is 10.6 Å². The van der Waals surface area contributed by atoms with Crippen LogP contribution in [0.5, 0.6) is 5.75 Å². The summed E-state index contributed by atoms with van der Waals surface area (Å²) in [5.41, 5.74) is 6.51. The van der Waals surface area contributed by atoms with Crippen LogP contribution in [0.2, 0.25) is 0 Å². The van der Waals surface area contributed by atoms with Crippen molar-refractivity contribution in [1.29, 1.82) is 0 Å². The van der Waals surface area contributed by atoms with Gasteiger partial charge in [0, 0.05) is 6.42 Å². The lowest BCUT2D eigenvalue weighted by Crippen LogP contribution is -2.49. The maximum Gasteiger partial charge on any atom is 0.326 e. The highest BCUT2D eigenvalue weighted by Gasteiger charge is 2.23. The Morgan fingerprint density at radius 2 is 1.87 bits per heavy atom. The first-order chi connectivity index (χ1) is 10.9. The number of hydrogen-bond donors (Lipinski definition) is 5. The first-order valence-electron chi connectivity index (χ1n) is 7.65. The van der Waals surface area contributed by atoms with Crippen molar-refractivity contribution in [3.05, 3.63) is 29.8 Å². The summed E-state index contributed by atoms with van der Waals surface area (Å²) >= 11 is 0. The Hall–Kier alpha value is -2.12. The number of unbranched alkanes of at least 4 members (excludes halogenated alkanes) is 1. The van der Waals surface area contributed by atoms with Crippen LogP contribution in [0.1, 0.15) is 24.8 Å². The average molecular weight is 323 g/mol. The Balaban J connectivity index is 2.52. The van der Waals surface area contributed by atoms with Crippen molar-refractivity contribution in [2.75, 3.05) is 13.6 Å². The van der Waals surface area contributed by atoms with Gasteiger partial charge in [0.05, 0.1) is 6.04 Å². The first-order valence-corrected chi connectivity index (χ1v) is 7.65. The van der Waals surface area contributed by atoms with E-state index in [0.29, 0.717) is 12.0 Å². The van der Waals surface area contributed by atoms with Crippen LogP contribution in [-0.2, 0) is 16.0 Å². The van der Waals surface area contributed by atoms with E-state index in [4.69, 9.17) is 5.73 Å². The summed E-state index contributed by atoms with van der Waals surface area (Å²) in [7, 11) is 1.85. The number of phenolic OH excluding ortho intramolecular Hbond substituents is 1. The van der Waals surface area contributed by atoms with Gasteiger partial charge < -0.3 is 26.6 Å². The Bertz CT molecular complexity index is 505. The van der Waals surface area contributed by atoms with Crippen molar-refractivity contribution >= 4 is 11.9 Å². The van der Waals surface area contributed by atoms with E-state index in [1.165, 1.54) is 12.1 Å². The van der Waals surface area contributed by atoms with Crippen LogP contribution >= 0.6 is 0 Å². The van der Waals surface area contributed by atoms with Crippen LogP contribution in [0, 0.1) is 0 Å². The largest absolute Gasteiger partial charge is 0.508 e. The molecule has 6 N–H and O–H groups in total. The van der Waals surface area contributed by atoms with Gasteiger partial charge in [-0.3, -0.25) is 4.79 Å². The molecule has 1 amide bonds. The summed E-state index contributed by atoms with van der Waals surface area (Å²) in [5, 5.41) is 24.0. The predicted molar refractivity (Wildman–Crippen MR) is 87.1 cm³/mol. The third-order valence-electron chi connectivity index (χ3n) is 3.52. The lowest BCUT2D eigenvalue weighted by molar-refractivity contribution is -0.142. The summed E-state index contributed by atoms with van der Waals surface area (Å²) in [6.07, 6.45) is 2.35. The lowest BCUT2D eigenvalue weighted by atomic mass is 10.0. The molecule has 0 unspecified atom stereocenters. The van der Waals surface area contributed by atoms with E-state index in [1.807, 2.05) is 7.05 Å². The fraction of sp³-hybridized carbons (Fsp3) is 0.500. The second kappa shape index (κ2) is 9.81. The smallest absolute Gasteiger partial charge is 0.326 e. The Labute approximate surface area is 135 Å². The Morgan fingerprint density at radius 3 is 2.43 bits per heavy atom. The number of nitrogens with one attached hydrogen (secondary N) is 2. The second-order valence-corrected chi connectivity index (χ2v) is 5.48. The fourth-order valence-electron chi connectivity index (χ4n) is 2.14. The van der Waals surface area contributed by atoms with Crippen LogP contribution < -0.4 is 16.4 Å². The number of rotatable bonds is 10. The maximum atomic E-state index is 12.0. The van der Waals surface area contributed by atoms with E-state index in [1.54, 1.807) is 12.1 Å². The zero-order valence-electron chi connectivity index (χ0n) is 13.3. The molecule has 23 heavy (non-hydrogen) atoms. The molecule has 2 atom stereocenters. The minimum absolute atomic E-state index is 0.105. The predicted octanol–water partition coefficient (Wildman–Crippen LogP) is 0.221. The number of carboxylic acids is 1. The average Bonchev–Trinajstić information content (AvgIpc) is 2.52. The number of nitrogens with two attached hydrogens (primary N) is 1. The van der Waals surface area contributed by atoms with E-state index in [-0.39, 0.29) is 12.2 Å². The van der Waals surface area contributed by atoms with Crippen LogP contribution in [0.4, 0.5) is 0 Å². The molecule has 0 aliphatic rings. The van der Waals surface area contributed by atoms with Crippen LogP contribution in [0.15, 0.2) is 24.3 Å². The standard InChI is InChI=1S/C16H25N3O4/c1-18-9-3-2-4-13(17)15(21)19-14(16(22)23)10-11-5-7-12(20)8-6-11/h5-8,13-14,18,20H,2-4,9-10,17H2,1H3,(H,19,21)(H,22,23)/t13-,14-/m0/s1. The molecule has 0 aromatic heterocycles. The van der Waals surface area contributed by atoms with Crippen molar-refractivity contribution in [3.8, 4) is 5.75 Å². The second-order valence-electron chi connectivity index (χ2n) is 5.48. The zero-order valence-corrected chi connectivity index (χ0v) is 13.3. The summed E-state index contributed by atoms with van der Waals surface area (Å²) in [6, 6.07) is 4.43. The van der Waals surface area contributed by atoms with Crippen molar-refractivity contribution in [3.63, 3.8) is 0 Å². The molecule has 0 aliphatic carbocycles. The highest BCUT2D eigenvalue weighted by molar-refractivity contribution is 5.86. The van der Waals surface area contributed by atoms with Crippen LogP contribution in [0.25, 0.3) is 0 Å². The molecule has 7 nitrogen and oxygen atoms in total. The van der Waals surface area contributed by atoms with Gasteiger partial charge in [-0.15, -0.1) is 0 Å². The van der Waals surface area contributed by atoms with Gasteiger partial charge in [0.1, 0.15) is 11.8 Å². The normalized spacial score (nSPS) is 13.3. The third-order valence-corrected chi connectivity index (χ3v) is 3.52. The molecule has 128 valence electrons. The molecule has 0 heterocycles. The molecule has 1 aromatic rings. The van der Waals surface area contributed by atoms with E-state index in [9.17, 15) is 19.8 Å². The van der Waals surface area contributed by atoms with Crippen molar-refractivity contribution in [2.24, 2.45) is 5.73 Å². The van der Waals surface area contributed by atoms with Gasteiger partial charge in [0.15, 0.2) is 0 Å². The maximum absolute atomic E-state index is 12.0. The molecule has 0 bridgehead atoms. The molecule has 0 saturated carbocycles. The topological polar surface area (TPSA) is 125 Å². The van der Waals surface area contributed by atoms with Gasteiger partial charge >= 0.3 is 5.97 Å². The number of hydrogen-bond acceptors (Lipinski definition) is 5. The first kappa shape index (κ1) is 18.9.